The van der Waals surface area contributed by atoms with Gasteiger partial charge >= 0.3 is 0 Å². The van der Waals surface area contributed by atoms with Crippen molar-refractivity contribution in [2.24, 2.45) is 0 Å². The molecular formula is C9H9BrN2O2. The average Bonchev–Trinajstić information content (AvgIpc) is 2.15. The lowest BCUT2D eigenvalue weighted by Crippen LogP contribution is -2.01. The third kappa shape index (κ3) is 2.56. The summed E-state index contributed by atoms with van der Waals surface area (Å²) >= 11 is 3.18. The molecule has 0 fully saturated rings. The summed E-state index contributed by atoms with van der Waals surface area (Å²) in [6.07, 6.45) is 1.64. The molecule has 5 heteroatoms. The summed E-state index contributed by atoms with van der Waals surface area (Å²) in [5.74, 6) is 0. The summed E-state index contributed by atoms with van der Waals surface area (Å²) in [5, 5.41) is 13.5. The molecule has 4 nitrogen and oxygen atoms in total. The zero-order valence-electron chi connectivity index (χ0n) is 7.37. The fraction of sp³-hybridized carbons (Fsp3) is 0.111. The molecule has 0 aliphatic heterocycles. The minimum Gasteiger partial charge on any atom is -0.376 e. The minimum atomic E-state index is -0.420. The van der Waals surface area contributed by atoms with Crippen LogP contribution in [0, 0.1) is 10.1 Å². The molecule has 0 aliphatic carbocycles. The summed E-state index contributed by atoms with van der Waals surface area (Å²) < 4.78 is 0.688. The van der Waals surface area contributed by atoms with Crippen LogP contribution < -0.4 is 5.32 Å². The second kappa shape index (κ2) is 4.76. The number of halogens is 1. The van der Waals surface area contributed by atoms with E-state index in [0.29, 0.717) is 16.7 Å². The van der Waals surface area contributed by atoms with Crippen LogP contribution in [0.5, 0.6) is 0 Å². The molecule has 0 saturated carbocycles. The van der Waals surface area contributed by atoms with Gasteiger partial charge in [0.2, 0.25) is 0 Å². The van der Waals surface area contributed by atoms with E-state index >= 15 is 0 Å². The lowest BCUT2D eigenvalue weighted by atomic mass is 10.2. The van der Waals surface area contributed by atoms with E-state index in [0.717, 1.165) is 0 Å². The van der Waals surface area contributed by atoms with E-state index in [1.165, 1.54) is 6.07 Å². The maximum Gasteiger partial charge on any atom is 0.293 e. The third-order valence-electron chi connectivity index (χ3n) is 1.59. The SMILES string of the molecule is C=CCNc1ccc(Br)cc1[N+](=O)[O-]. The number of nitrogens with one attached hydrogen (secondary N) is 1. The highest BCUT2D eigenvalue weighted by atomic mass is 79.9. The summed E-state index contributed by atoms with van der Waals surface area (Å²) in [6.45, 7) is 4.03. The molecule has 14 heavy (non-hydrogen) atoms. The number of nitro benzene ring substituents is 1. The van der Waals surface area contributed by atoms with Gasteiger partial charge in [0, 0.05) is 17.1 Å². The second-order valence-electron chi connectivity index (χ2n) is 2.59. The van der Waals surface area contributed by atoms with E-state index in [-0.39, 0.29) is 5.69 Å². The Hall–Kier alpha value is -1.36. The number of hydrogen-bond acceptors (Lipinski definition) is 3. The molecule has 1 rings (SSSR count). The van der Waals surface area contributed by atoms with Gasteiger partial charge in [-0.05, 0) is 12.1 Å². The molecule has 1 aromatic rings. The second-order valence-corrected chi connectivity index (χ2v) is 3.50. The average molecular weight is 257 g/mol. The van der Waals surface area contributed by atoms with Crippen molar-refractivity contribution < 1.29 is 4.92 Å². The molecule has 0 bridgehead atoms. The molecule has 74 valence electrons. The van der Waals surface area contributed by atoms with Crippen LogP contribution in [-0.4, -0.2) is 11.5 Å². The predicted octanol–water partition coefficient (Wildman–Crippen LogP) is 2.96. The first-order valence-corrected chi connectivity index (χ1v) is 4.73. The highest BCUT2D eigenvalue weighted by Gasteiger charge is 2.12. The van der Waals surface area contributed by atoms with Crippen LogP contribution in [0.2, 0.25) is 0 Å². The number of nitro groups is 1. The first-order valence-electron chi connectivity index (χ1n) is 3.94. The van der Waals surface area contributed by atoms with Crippen molar-refractivity contribution in [2.75, 3.05) is 11.9 Å². The van der Waals surface area contributed by atoms with E-state index in [4.69, 9.17) is 0 Å². The highest BCUT2D eigenvalue weighted by molar-refractivity contribution is 9.10. The van der Waals surface area contributed by atoms with Gasteiger partial charge in [-0.15, -0.1) is 6.58 Å². The van der Waals surface area contributed by atoms with Crippen LogP contribution in [-0.2, 0) is 0 Å². The van der Waals surface area contributed by atoms with Gasteiger partial charge in [0.05, 0.1) is 4.92 Å². The monoisotopic (exact) mass is 256 g/mol. The van der Waals surface area contributed by atoms with Crippen molar-refractivity contribution in [3.63, 3.8) is 0 Å². The summed E-state index contributed by atoms with van der Waals surface area (Å²) in [5.41, 5.74) is 0.555. The maximum atomic E-state index is 10.7. The van der Waals surface area contributed by atoms with E-state index in [1.807, 2.05) is 0 Å². The van der Waals surface area contributed by atoms with E-state index < -0.39 is 4.92 Å². The van der Waals surface area contributed by atoms with Gasteiger partial charge in [0.25, 0.3) is 5.69 Å². The van der Waals surface area contributed by atoms with Crippen molar-refractivity contribution in [1.82, 2.24) is 0 Å². The zero-order valence-corrected chi connectivity index (χ0v) is 8.95. The highest BCUT2D eigenvalue weighted by Crippen LogP contribution is 2.27. The summed E-state index contributed by atoms with van der Waals surface area (Å²) in [7, 11) is 0. The van der Waals surface area contributed by atoms with Crippen molar-refractivity contribution in [1.29, 1.82) is 0 Å². The molecule has 1 aromatic carbocycles. The van der Waals surface area contributed by atoms with Crippen LogP contribution >= 0.6 is 15.9 Å². The Morgan fingerprint density at radius 3 is 2.93 bits per heavy atom. The van der Waals surface area contributed by atoms with Crippen LogP contribution in [0.1, 0.15) is 0 Å². The fourth-order valence-electron chi connectivity index (χ4n) is 0.987. The summed E-state index contributed by atoms with van der Waals surface area (Å²) in [6, 6.07) is 4.87. The number of hydrogen-bond donors (Lipinski definition) is 1. The molecule has 0 aromatic heterocycles. The van der Waals surface area contributed by atoms with E-state index in [1.54, 1.807) is 18.2 Å². The quantitative estimate of drug-likeness (QED) is 0.512. The Balaban J connectivity index is 3.01. The number of benzene rings is 1. The summed E-state index contributed by atoms with van der Waals surface area (Å²) in [4.78, 5) is 10.2. The number of anilines is 1. The molecule has 1 N–H and O–H groups in total. The van der Waals surface area contributed by atoms with Gasteiger partial charge in [0.15, 0.2) is 0 Å². The zero-order chi connectivity index (χ0) is 10.6. The van der Waals surface area contributed by atoms with Crippen LogP contribution in [0.4, 0.5) is 11.4 Å². The third-order valence-corrected chi connectivity index (χ3v) is 2.09. The first kappa shape index (κ1) is 10.7. The van der Waals surface area contributed by atoms with E-state index in [2.05, 4.69) is 27.8 Å². The Labute approximate surface area is 89.9 Å². The molecule has 0 atom stereocenters. The lowest BCUT2D eigenvalue weighted by Gasteiger charge is -2.04. The van der Waals surface area contributed by atoms with Crippen molar-refractivity contribution in [2.45, 2.75) is 0 Å². The van der Waals surface area contributed by atoms with E-state index in [9.17, 15) is 10.1 Å². The molecule has 0 unspecified atom stereocenters. The molecule has 0 spiro atoms. The maximum absolute atomic E-state index is 10.7. The van der Waals surface area contributed by atoms with Crippen molar-refractivity contribution in [3.8, 4) is 0 Å². The number of nitrogens with zero attached hydrogens (tertiary/aromatic N) is 1. The topological polar surface area (TPSA) is 55.2 Å². The largest absolute Gasteiger partial charge is 0.376 e. The van der Waals surface area contributed by atoms with Gasteiger partial charge in [-0.1, -0.05) is 22.0 Å². The first-order chi connectivity index (χ1) is 6.65. The van der Waals surface area contributed by atoms with Crippen LogP contribution in [0.3, 0.4) is 0 Å². The standard InChI is InChI=1S/C9H9BrN2O2/c1-2-5-11-8-4-3-7(10)6-9(8)12(13)14/h2-4,6,11H,1,5H2. The van der Waals surface area contributed by atoms with Crippen molar-refractivity contribution >= 4 is 27.3 Å². The molecule has 0 heterocycles. The molecule has 0 saturated heterocycles. The molecule has 0 aliphatic rings. The Kier molecular flexibility index (Phi) is 3.64. The fourth-order valence-corrected chi connectivity index (χ4v) is 1.34. The normalized spacial score (nSPS) is 9.50. The molecule has 0 amide bonds. The Morgan fingerprint density at radius 1 is 1.64 bits per heavy atom. The lowest BCUT2D eigenvalue weighted by molar-refractivity contribution is -0.384. The Bertz CT molecular complexity index is 366. The Morgan fingerprint density at radius 2 is 2.36 bits per heavy atom. The number of rotatable bonds is 4. The van der Waals surface area contributed by atoms with Gasteiger partial charge in [-0.3, -0.25) is 10.1 Å². The van der Waals surface area contributed by atoms with Gasteiger partial charge in [0.1, 0.15) is 5.69 Å². The van der Waals surface area contributed by atoms with Crippen LogP contribution in [0.25, 0.3) is 0 Å². The van der Waals surface area contributed by atoms with Gasteiger partial charge < -0.3 is 5.32 Å². The molecular weight excluding hydrogens is 248 g/mol. The van der Waals surface area contributed by atoms with Gasteiger partial charge in [-0.25, -0.2) is 0 Å². The smallest absolute Gasteiger partial charge is 0.293 e. The van der Waals surface area contributed by atoms with Crippen molar-refractivity contribution in [3.05, 3.63) is 45.4 Å². The predicted molar refractivity (Wildman–Crippen MR) is 59.5 cm³/mol. The molecule has 0 radical (unpaired) electrons. The van der Waals surface area contributed by atoms with Crippen LogP contribution in [0.15, 0.2) is 35.3 Å². The van der Waals surface area contributed by atoms with Gasteiger partial charge in [-0.2, -0.15) is 0 Å². The minimum absolute atomic E-state index is 0.0567.